The van der Waals surface area contributed by atoms with Crippen LogP contribution in [0.5, 0.6) is 0 Å². The molecule has 0 aromatic rings. The molecule has 1 aliphatic heterocycles. The van der Waals surface area contributed by atoms with Gasteiger partial charge in [-0.2, -0.15) is 0 Å². The Morgan fingerprint density at radius 1 is 1.31 bits per heavy atom. The second-order valence-electron chi connectivity index (χ2n) is 4.83. The first-order chi connectivity index (χ1) is 7.72. The van der Waals surface area contributed by atoms with Gasteiger partial charge in [-0.25, -0.2) is 0 Å². The molecule has 1 heterocycles. The number of nitrogens with zero attached hydrogens (tertiary/aromatic N) is 2. The second kappa shape index (κ2) is 8.01. The molecule has 96 valence electrons. The normalized spacial score (nSPS) is 19.5. The summed E-state index contributed by atoms with van der Waals surface area (Å²) in [7, 11) is 6.11. The predicted molar refractivity (Wildman–Crippen MR) is 67.9 cm³/mol. The van der Waals surface area contributed by atoms with E-state index < -0.39 is 0 Å². The van der Waals surface area contributed by atoms with Crippen LogP contribution in [0, 0.1) is 0 Å². The fourth-order valence-electron chi connectivity index (χ4n) is 2.03. The van der Waals surface area contributed by atoms with Crippen molar-refractivity contribution in [2.24, 2.45) is 0 Å². The molecule has 0 spiro atoms. The summed E-state index contributed by atoms with van der Waals surface area (Å²) in [4.78, 5) is 4.72. The van der Waals surface area contributed by atoms with Crippen LogP contribution in [0.2, 0.25) is 0 Å². The highest BCUT2D eigenvalue weighted by molar-refractivity contribution is 4.75. The van der Waals surface area contributed by atoms with Gasteiger partial charge in [0.05, 0.1) is 6.61 Å². The van der Waals surface area contributed by atoms with Crippen LogP contribution in [0.15, 0.2) is 0 Å². The van der Waals surface area contributed by atoms with Crippen molar-refractivity contribution in [3.05, 3.63) is 0 Å². The summed E-state index contributed by atoms with van der Waals surface area (Å²) >= 11 is 0. The zero-order valence-electron chi connectivity index (χ0n) is 11.0. The fraction of sp³-hybridized carbons (Fsp3) is 1.00. The van der Waals surface area contributed by atoms with Gasteiger partial charge in [0.2, 0.25) is 0 Å². The number of rotatable bonds is 7. The van der Waals surface area contributed by atoms with E-state index in [0.717, 1.165) is 32.3 Å². The topological polar surface area (TPSA) is 27.7 Å². The SMILES string of the molecule is COCCN(C)CCNC1CCN(C)CC1. The summed E-state index contributed by atoms with van der Waals surface area (Å²) in [5, 5.41) is 3.64. The molecular weight excluding hydrogens is 202 g/mol. The quantitative estimate of drug-likeness (QED) is 0.677. The summed E-state index contributed by atoms with van der Waals surface area (Å²) in [5.41, 5.74) is 0. The molecule has 1 rings (SSSR count). The largest absolute Gasteiger partial charge is 0.383 e. The van der Waals surface area contributed by atoms with Crippen molar-refractivity contribution in [3.63, 3.8) is 0 Å². The fourth-order valence-corrected chi connectivity index (χ4v) is 2.03. The maximum Gasteiger partial charge on any atom is 0.0589 e. The van der Waals surface area contributed by atoms with Crippen LogP contribution in [-0.4, -0.2) is 76.4 Å². The lowest BCUT2D eigenvalue weighted by atomic mass is 10.1. The minimum atomic E-state index is 0.729. The van der Waals surface area contributed by atoms with E-state index in [1.54, 1.807) is 7.11 Å². The smallest absolute Gasteiger partial charge is 0.0589 e. The highest BCUT2D eigenvalue weighted by Gasteiger charge is 2.15. The summed E-state index contributed by atoms with van der Waals surface area (Å²) in [5.74, 6) is 0. The Morgan fingerprint density at radius 2 is 2.00 bits per heavy atom. The van der Waals surface area contributed by atoms with Crippen LogP contribution < -0.4 is 5.32 Å². The molecule has 16 heavy (non-hydrogen) atoms. The maximum atomic E-state index is 5.05. The number of ether oxygens (including phenoxy) is 1. The maximum absolute atomic E-state index is 5.05. The van der Waals surface area contributed by atoms with E-state index in [1.165, 1.54) is 25.9 Å². The van der Waals surface area contributed by atoms with Gasteiger partial charge in [0.1, 0.15) is 0 Å². The number of likely N-dealkylation sites (N-methyl/N-ethyl adjacent to an activating group) is 1. The lowest BCUT2D eigenvalue weighted by Gasteiger charge is -2.30. The lowest BCUT2D eigenvalue weighted by molar-refractivity contribution is 0.159. The average Bonchev–Trinajstić information content (AvgIpc) is 2.29. The van der Waals surface area contributed by atoms with Gasteiger partial charge in [0, 0.05) is 32.8 Å². The monoisotopic (exact) mass is 229 g/mol. The number of hydrogen-bond acceptors (Lipinski definition) is 4. The molecule has 0 radical (unpaired) electrons. The van der Waals surface area contributed by atoms with Crippen molar-refractivity contribution in [2.75, 3.05) is 60.5 Å². The van der Waals surface area contributed by atoms with Gasteiger partial charge < -0.3 is 19.9 Å². The first kappa shape index (κ1) is 13.9. The van der Waals surface area contributed by atoms with E-state index in [1.807, 2.05) is 0 Å². The number of piperidine rings is 1. The Morgan fingerprint density at radius 3 is 2.62 bits per heavy atom. The molecule has 1 N–H and O–H groups in total. The number of nitrogens with one attached hydrogen (secondary N) is 1. The van der Waals surface area contributed by atoms with Gasteiger partial charge in [-0.3, -0.25) is 0 Å². The van der Waals surface area contributed by atoms with E-state index in [-0.39, 0.29) is 0 Å². The van der Waals surface area contributed by atoms with Gasteiger partial charge in [0.15, 0.2) is 0 Å². The van der Waals surface area contributed by atoms with Gasteiger partial charge in [-0.1, -0.05) is 0 Å². The van der Waals surface area contributed by atoms with Crippen LogP contribution in [0.25, 0.3) is 0 Å². The number of hydrogen-bond donors (Lipinski definition) is 1. The highest BCUT2D eigenvalue weighted by Crippen LogP contribution is 2.07. The van der Waals surface area contributed by atoms with Gasteiger partial charge in [-0.05, 0) is 40.0 Å². The Kier molecular flexibility index (Phi) is 6.96. The molecule has 4 nitrogen and oxygen atoms in total. The van der Waals surface area contributed by atoms with Crippen LogP contribution >= 0.6 is 0 Å². The molecule has 0 bridgehead atoms. The van der Waals surface area contributed by atoms with E-state index in [9.17, 15) is 0 Å². The lowest BCUT2D eigenvalue weighted by Crippen LogP contribution is -2.43. The van der Waals surface area contributed by atoms with Gasteiger partial charge in [-0.15, -0.1) is 0 Å². The Hall–Kier alpha value is -0.160. The summed E-state index contributed by atoms with van der Waals surface area (Å²) in [6, 6.07) is 0.729. The highest BCUT2D eigenvalue weighted by atomic mass is 16.5. The van der Waals surface area contributed by atoms with Crippen molar-refractivity contribution in [2.45, 2.75) is 18.9 Å². The molecule has 0 unspecified atom stereocenters. The second-order valence-corrected chi connectivity index (χ2v) is 4.83. The molecule has 1 fully saturated rings. The van der Waals surface area contributed by atoms with Crippen molar-refractivity contribution in [3.8, 4) is 0 Å². The van der Waals surface area contributed by atoms with Crippen LogP contribution in [0.1, 0.15) is 12.8 Å². The third-order valence-electron chi connectivity index (χ3n) is 3.32. The number of likely N-dealkylation sites (tertiary alicyclic amines) is 1. The van der Waals surface area contributed by atoms with Crippen molar-refractivity contribution >= 4 is 0 Å². The summed E-state index contributed by atoms with van der Waals surface area (Å²) < 4.78 is 5.05. The minimum absolute atomic E-state index is 0.729. The minimum Gasteiger partial charge on any atom is -0.383 e. The zero-order chi connectivity index (χ0) is 11.8. The molecule has 1 saturated heterocycles. The van der Waals surface area contributed by atoms with Crippen molar-refractivity contribution in [1.29, 1.82) is 0 Å². The van der Waals surface area contributed by atoms with Crippen LogP contribution in [-0.2, 0) is 4.74 Å². The first-order valence-electron chi connectivity index (χ1n) is 6.31. The average molecular weight is 229 g/mol. The Balaban J connectivity index is 1.98. The Bertz CT molecular complexity index is 170. The van der Waals surface area contributed by atoms with E-state index >= 15 is 0 Å². The third-order valence-corrected chi connectivity index (χ3v) is 3.32. The van der Waals surface area contributed by atoms with Crippen molar-refractivity contribution < 1.29 is 4.74 Å². The van der Waals surface area contributed by atoms with Crippen molar-refractivity contribution in [1.82, 2.24) is 15.1 Å². The zero-order valence-corrected chi connectivity index (χ0v) is 11.0. The summed E-state index contributed by atoms with van der Waals surface area (Å²) in [6.07, 6.45) is 2.58. The van der Waals surface area contributed by atoms with E-state index in [0.29, 0.717) is 0 Å². The van der Waals surface area contributed by atoms with E-state index in [4.69, 9.17) is 4.74 Å². The third kappa shape index (κ3) is 5.80. The molecule has 0 aromatic heterocycles. The molecule has 0 atom stereocenters. The van der Waals surface area contributed by atoms with E-state index in [2.05, 4.69) is 29.2 Å². The number of methoxy groups -OCH3 is 1. The molecular formula is C12H27N3O. The molecule has 1 aliphatic rings. The van der Waals surface area contributed by atoms with Crippen LogP contribution in [0.4, 0.5) is 0 Å². The molecule has 4 heteroatoms. The molecule has 0 saturated carbocycles. The molecule has 0 aromatic carbocycles. The van der Waals surface area contributed by atoms with Gasteiger partial charge >= 0.3 is 0 Å². The first-order valence-corrected chi connectivity index (χ1v) is 6.31. The molecule has 0 aliphatic carbocycles. The van der Waals surface area contributed by atoms with Crippen LogP contribution in [0.3, 0.4) is 0 Å². The van der Waals surface area contributed by atoms with Gasteiger partial charge in [0.25, 0.3) is 0 Å². The Labute approximate surface area is 99.9 Å². The summed E-state index contributed by atoms with van der Waals surface area (Å²) in [6.45, 7) is 6.51. The predicted octanol–water partition coefficient (Wildman–Crippen LogP) is 0.248. The molecule has 0 amide bonds. The standard InChI is InChI=1S/C12H27N3O/c1-14-7-4-12(5-8-14)13-6-9-15(2)10-11-16-3/h12-13H,4-11H2,1-3H3.